The summed E-state index contributed by atoms with van der Waals surface area (Å²) in [5, 5.41) is 0. The highest BCUT2D eigenvalue weighted by Crippen LogP contribution is 2.23. The lowest BCUT2D eigenvalue weighted by molar-refractivity contribution is 0.0465. The summed E-state index contributed by atoms with van der Waals surface area (Å²) in [6.45, 7) is 8.11. The van der Waals surface area contributed by atoms with E-state index in [1.54, 1.807) is 0 Å². The van der Waals surface area contributed by atoms with E-state index < -0.39 is 0 Å². The van der Waals surface area contributed by atoms with Crippen LogP contribution in [0.15, 0.2) is 48.5 Å². The van der Waals surface area contributed by atoms with Gasteiger partial charge in [-0.15, -0.1) is 0 Å². The molecule has 0 saturated carbocycles. The summed E-state index contributed by atoms with van der Waals surface area (Å²) >= 11 is 0. The third-order valence-corrected chi connectivity index (χ3v) is 4.42. The fourth-order valence-corrected chi connectivity index (χ4v) is 2.90. The maximum absolute atomic E-state index is 5.98. The van der Waals surface area contributed by atoms with E-state index in [1.165, 1.54) is 23.1 Å². The topological polar surface area (TPSA) is 18.5 Å². The van der Waals surface area contributed by atoms with E-state index in [4.69, 9.17) is 9.47 Å². The third kappa shape index (κ3) is 6.55. The van der Waals surface area contributed by atoms with Crippen molar-refractivity contribution in [3.63, 3.8) is 0 Å². The molecule has 2 aromatic carbocycles. The monoisotopic (exact) mass is 340 g/mol. The van der Waals surface area contributed by atoms with Crippen LogP contribution >= 0.6 is 0 Å². The summed E-state index contributed by atoms with van der Waals surface area (Å²) in [6.07, 6.45) is 5.88. The Hall–Kier alpha value is -1.80. The van der Waals surface area contributed by atoms with Crippen LogP contribution in [0.4, 0.5) is 0 Å². The van der Waals surface area contributed by atoms with Crippen molar-refractivity contribution in [2.75, 3.05) is 13.2 Å². The lowest BCUT2D eigenvalue weighted by atomic mass is 10.0. The molecule has 25 heavy (non-hydrogen) atoms. The molecule has 0 N–H and O–H groups in total. The van der Waals surface area contributed by atoms with Gasteiger partial charge < -0.3 is 9.47 Å². The number of hydrogen-bond acceptors (Lipinski definition) is 2. The minimum Gasteiger partial charge on any atom is -0.494 e. The van der Waals surface area contributed by atoms with Crippen LogP contribution < -0.4 is 4.74 Å². The highest BCUT2D eigenvalue weighted by atomic mass is 16.5. The molecule has 2 rings (SSSR count). The zero-order valence-electron chi connectivity index (χ0n) is 16.0. The molecule has 0 spiro atoms. The van der Waals surface area contributed by atoms with Gasteiger partial charge in [0.05, 0.1) is 19.3 Å². The van der Waals surface area contributed by atoms with Gasteiger partial charge in [-0.2, -0.15) is 0 Å². The summed E-state index contributed by atoms with van der Waals surface area (Å²) < 4.78 is 11.6. The fraction of sp³-hybridized carbons (Fsp3) is 0.478. The molecular weight excluding hydrogens is 308 g/mol. The van der Waals surface area contributed by atoms with Crippen LogP contribution in [0.1, 0.15) is 52.0 Å². The molecule has 0 saturated heterocycles. The van der Waals surface area contributed by atoms with Crippen molar-refractivity contribution in [2.24, 2.45) is 0 Å². The van der Waals surface area contributed by atoms with Crippen LogP contribution in [-0.4, -0.2) is 19.3 Å². The molecule has 2 nitrogen and oxygen atoms in total. The van der Waals surface area contributed by atoms with Crippen LogP contribution in [-0.2, 0) is 11.2 Å². The van der Waals surface area contributed by atoms with Crippen molar-refractivity contribution in [1.29, 1.82) is 0 Å². The fourth-order valence-electron chi connectivity index (χ4n) is 2.90. The van der Waals surface area contributed by atoms with E-state index in [0.717, 1.165) is 44.6 Å². The van der Waals surface area contributed by atoms with E-state index in [2.05, 4.69) is 57.2 Å². The molecule has 0 aliphatic heterocycles. The van der Waals surface area contributed by atoms with Crippen molar-refractivity contribution < 1.29 is 9.47 Å². The minimum absolute atomic E-state index is 0.415. The maximum atomic E-state index is 5.98. The highest BCUT2D eigenvalue weighted by molar-refractivity contribution is 5.64. The number of benzene rings is 2. The summed E-state index contributed by atoms with van der Waals surface area (Å²) in [6, 6.07) is 17.2. The van der Waals surface area contributed by atoms with Gasteiger partial charge >= 0.3 is 0 Å². The predicted molar refractivity (Wildman–Crippen MR) is 106 cm³/mol. The quantitative estimate of drug-likeness (QED) is 0.479. The Labute approximate surface area is 153 Å². The van der Waals surface area contributed by atoms with Gasteiger partial charge in [-0.3, -0.25) is 0 Å². The van der Waals surface area contributed by atoms with Gasteiger partial charge in [0.15, 0.2) is 0 Å². The first-order chi connectivity index (χ1) is 12.3. The van der Waals surface area contributed by atoms with Crippen LogP contribution in [0.25, 0.3) is 11.1 Å². The number of ether oxygens (including phenoxy) is 2. The van der Waals surface area contributed by atoms with Gasteiger partial charge in [-0.05, 0) is 54.5 Å². The minimum atomic E-state index is 0.415. The summed E-state index contributed by atoms with van der Waals surface area (Å²) in [5.74, 6) is 0.942. The third-order valence-electron chi connectivity index (χ3n) is 4.42. The molecule has 0 amide bonds. The molecule has 0 aromatic heterocycles. The molecule has 1 atom stereocenters. The Morgan fingerprint density at radius 1 is 0.760 bits per heavy atom. The van der Waals surface area contributed by atoms with E-state index in [9.17, 15) is 0 Å². The zero-order chi connectivity index (χ0) is 17.9. The molecule has 0 radical (unpaired) electrons. The van der Waals surface area contributed by atoms with Gasteiger partial charge in [0.1, 0.15) is 5.75 Å². The average molecular weight is 341 g/mol. The molecule has 0 aliphatic carbocycles. The molecule has 0 aliphatic rings. The van der Waals surface area contributed by atoms with Crippen molar-refractivity contribution >= 4 is 0 Å². The van der Waals surface area contributed by atoms with Crippen molar-refractivity contribution in [1.82, 2.24) is 0 Å². The SMILES string of the molecule is CCCOc1ccc(-c2ccc(CCOC(CC)CCC)cc2)cc1. The first kappa shape index (κ1) is 19.5. The maximum Gasteiger partial charge on any atom is 0.119 e. The zero-order valence-corrected chi connectivity index (χ0v) is 16.0. The second kappa shape index (κ2) is 10.9. The van der Waals surface area contributed by atoms with Gasteiger partial charge in [0, 0.05) is 0 Å². The molecule has 2 aromatic rings. The first-order valence-corrected chi connectivity index (χ1v) is 9.70. The summed E-state index contributed by atoms with van der Waals surface area (Å²) in [7, 11) is 0. The predicted octanol–water partition coefficient (Wildman–Crippen LogP) is 6.28. The normalized spacial score (nSPS) is 12.1. The van der Waals surface area contributed by atoms with Crippen LogP contribution in [0.3, 0.4) is 0 Å². The first-order valence-electron chi connectivity index (χ1n) is 9.70. The summed E-state index contributed by atoms with van der Waals surface area (Å²) in [4.78, 5) is 0. The van der Waals surface area contributed by atoms with E-state index in [1.807, 2.05) is 12.1 Å². The molecule has 0 heterocycles. The van der Waals surface area contributed by atoms with Gasteiger partial charge in [0.2, 0.25) is 0 Å². The highest BCUT2D eigenvalue weighted by Gasteiger charge is 2.05. The smallest absolute Gasteiger partial charge is 0.119 e. The summed E-state index contributed by atoms with van der Waals surface area (Å²) in [5.41, 5.74) is 3.79. The van der Waals surface area contributed by atoms with Crippen LogP contribution in [0.5, 0.6) is 5.75 Å². The Morgan fingerprint density at radius 2 is 1.40 bits per heavy atom. The molecule has 0 bridgehead atoms. The van der Waals surface area contributed by atoms with Gasteiger partial charge in [-0.25, -0.2) is 0 Å². The average Bonchev–Trinajstić information content (AvgIpc) is 2.66. The number of hydrogen-bond donors (Lipinski definition) is 0. The largest absolute Gasteiger partial charge is 0.494 e. The molecule has 0 fully saturated rings. The second-order valence-electron chi connectivity index (χ2n) is 6.51. The van der Waals surface area contributed by atoms with Crippen molar-refractivity contribution in [3.05, 3.63) is 54.1 Å². The molecule has 1 unspecified atom stereocenters. The molecular formula is C23H32O2. The van der Waals surface area contributed by atoms with Gasteiger partial charge in [0.25, 0.3) is 0 Å². The second-order valence-corrected chi connectivity index (χ2v) is 6.51. The van der Waals surface area contributed by atoms with Crippen LogP contribution in [0.2, 0.25) is 0 Å². The Morgan fingerprint density at radius 3 is 1.96 bits per heavy atom. The lowest BCUT2D eigenvalue weighted by Crippen LogP contribution is -2.13. The molecule has 2 heteroatoms. The van der Waals surface area contributed by atoms with Gasteiger partial charge in [-0.1, -0.05) is 63.6 Å². The molecule has 136 valence electrons. The van der Waals surface area contributed by atoms with E-state index >= 15 is 0 Å². The Bertz CT molecular complexity index is 586. The Kier molecular flexibility index (Phi) is 8.54. The standard InChI is InChI=1S/C23H32O2/c1-4-7-22(6-3)25-18-16-19-8-10-20(11-9-19)21-12-14-23(15-13-21)24-17-5-2/h8-15,22H,4-7,16-18H2,1-3H3. The number of rotatable bonds is 11. The Balaban J connectivity index is 1.86. The van der Waals surface area contributed by atoms with E-state index in [-0.39, 0.29) is 0 Å². The van der Waals surface area contributed by atoms with Crippen molar-refractivity contribution in [3.8, 4) is 16.9 Å². The lowest BCUT2D eigenvalue weighted by Gasteiger charge is -2.15. The van der Waals surface area contributed by atoms with Crippen molar-refractivity contribution in [2.45, 2.75) is 59.0 Å². The van der Waals surface area contributed by atoms with E-state index in [0.29, 0.717) is 6.10 Å². The van der Waals surface area contributed by atoms with Crippen LogP contribution in [0, 0.1) is 0 Å².